The fraction of sp³-hybridized carbons (Fsp3) is 0.550. The third kappa shape index (κ3) is 6.33. The van der Waals surface area contributed by atoms with Crippen molar-refractivity contribution < 1.29 is 9.59 Å². The van der Waals surface area contributed by atoms with Gasteiger partial charge in [0.25, 0.3) is 0 Å². The summed E-state index contributed by atoms with van der Waals surface area (Å²) < 4.78 is 0. The highest BCUT2D eigenvalue weighted by atomic mass is 35.5. The fourth-order valence-corrected chi connectivity index (χ4v) is 3.57. The van der Waals surface area contributed by atoms with E-state index in [0.717, 1.165) is 23.7 Å². The standard InChI is InChI=1S/C20H31ClN6O2/c1-4-22-19(23-11-12-27-18(28)14-25-20(27)29)24-13-17(26(5-2)6-3)15-9-7-8-10-16(15)21/h7-10,17H,4-6,11-14H2,1-3H3,(H,25,29)(H2,22,23,24). The van der Waals surface area contributed by atoms with Gasteiger partial charge in [0.2, 0.25) is 5.91 Å². The average molecular weight is 423 g/mol. The van der Waals surface area contributed by atoms with E-state index in [1.165, 1.54) is 4.90 Å². The Morgan fingerprint density at radius 3 is 2.55 bits per heavy atom. The van der Waals surface area contributed by atoms with E-state index in [2.05, 4.69) is 34.7 Å². The van der Waals surface area contributed by atoms with Crippen molar-refractivity contribution in [3.63, 3.8) is 0 Å². The molecule has 0 saturated carbocycles. The van der Waals surface area contributed by atoms with Gasteiger partial charge in [0.05, 0.1) is 19.1 Å². The second-order valence-corrected chi connectivity index (χ2v) is 7.02. The Hall–Kier alpha value is -2.32. The lowest BCUT2D eigenvalue weighted by atomic mass is 10.1. The largest absolute Gasteiger partial charge is 0.357 e. The first-order valence-electron chi connectivity index (χ1n) is 10.1. The molecule has 2 rings (SSSR count). The molecule has 1 unspecified atom stereocenters. The van der Waals surface area contributed by atoms with Gasteiger partial charge in [-0.25, -0.2) is 4.79 Å². The number of imide groups is 1. The van der Waals surface area contributed by atoms with Gasteiger partial charge < -0.3 is 16.0 Å². The minimum Gasteiger partial charge on any atom is -0.357 e. The molecule has 1 aliphatic rings. The van der Waals surface area contributed by atoms with Gasteiger partial charge in [-0.05, 0) is 31.6 Å². The van der Waals surface area contributed by atoms with E-state index in [1.807, 2.05) is 31.2 Å². The van der Waals surface area contributed by atoms with E-state index in [9.17, 15) is 9.59 Å². The number of carbonyl (C=O) groups excluding carboxylic acids is 2. The van der Waals surface area contributed by atoms with Crippen molar-refractivity contribution in [3.8, 4) is 0 Å². The smallest absolute Gasteiger partial charge is 0.324 e. The van der Waals surface area contributed by atoms with Crippen LogP contribution < -0.4 is 16.0 Å². The molecule has 1 fully saturated rings. The van der Waals surface area contributed by atoms with Crippen molar-refractivity contribution >= 4 is 29.5 Å². The Labute approximate surface area is 177 Å². The zero-order chi connectivity index (χ0) is 21.2. The molecule has 0 aliphatic carbocycles. The maximum Gasteiger partial charge on any atom is 0.324 e. The van der Waals surface area contributed by atoms with Gasteiger partial charge in [-0.1, -0.05) is 43.6 Å². The van der Waals surface area contributed by atoms with Gasteiger partial charge in [0.1, 0.15) is 0 Å². The van der Waals surface area contributed by atoms with Crippen LogP contribution in [0.5, 0.6) is 0 Å². The van der Waals surface area contributed by atoms with E-state index in [0.29, 0.717) is 32.1 Å². The lowest BCUT2D eigenvalue weighted by molar-refractivity contribution is -0.124. The number of nitrogens with one attached hydrogen (secondary N) is 3. The summed E-state index contributed by atoms with van der Waals surface area (Å²) in [5.41, 5.74) is 1.05. The van der Waals surface area contributed by atoms with Gasteiger partial charge in [0.15, 0.2) is 5.96 Å². The number of carbonyl (C=O) groups is 2. The maximum absolute atomic E-state index is 11.7. The van der Waals surface area contributed by atoms with E-state index in [-0.39, 0.29) is 24.5 Å². The first kappa shape index (κ1) is 23.0. The van der Waals surface area contributed by atoms with Crippen LogP contribution in [0.2, 0.25) is 5.02 Å². The third-order valence-corrected chi connectivity index (χ3v) is 5.19. The minimum atomic E-state index is -0.348. The Morgan fingerprint density at radius 1 is 1.24 bits per heavy atom. The van der Waals surface area contributed by atoms with Crippen LogP contribution in [0, 0.1) is 0 Å². The van der Waals surface area contributed by atoms with E-state index in [1.54, 1.807) is 0 Å². The van der Waals surface area contributed by atoms with Crippen molar-refractivity contribution in [2.75, 3.05) is 45.8 Å². The van der Waals surface area contributed by atoms with E-state index < -0.39 is 0 Å². The molecular weight excluding hydrogens is 392 g/mol. The van der Waals surface area contributed by atoms with Crippen LogP contribution in [0.1, 0.15) is 32.4 Å². The number of rotatable bonds is 10. The number of guanidine groups is 1. The van der Waals surface area contributed by atoms with Crippen molar-refractivity contribution in [3.05, 3.63) is 34.9 Å². The predicted molar refractivity (Wildman–Crippen MR) is 116 cm³/mol. The van der Waals surface area contributed by atoms with Crippen LogP contribution in [-0.4, -0.2) is 73.5 Å². The summed E-state index contributed by atoms with van der Waals surface area (Å²) in [5.74, 6) is 0.433. The zero-order valence-electron chi connectivity index (χ0n) is 17.4. The molecule has 0 spiro atoms. The molecule has 0 bridgehead atoms. The number of aliphatic imine (C=N–C) groups is 1. The first-order chi connectivity index (χ1) is 14.0. The highest BCUT2D eigenvalue weighted by molar-refractivity contribution is 6.31. The maximum atomic E-state index is 11.7. The molecule has 29 heavy (non-hydrogen) atoms. The third-order valence-electron chi connectivity index (χ3n) is 4.85. The number of urea groups is 1. The normalized spacial score (nSPS) is 15.6. The molecule has 1 aliphatic heterocycles. The van der Waals surface area contributed by atoms with E-state index in [4.69, 9.17) is 16.6 Å². The van der Waals surface area contributed by atoms with Crippen LogP contribution in [-0.2, 0) is 4.79 Å². The quantitative estimate of drug-likeness (QED) is 0.304. The number of hydrogen-bond donors (Lipinski definition) is 3. The Kier molecular flexibility index (Phi) is 9.21. The van der Waals surface area contributed by atoms with Crippen LogP contribution in [0.3, 0.4) is 0 Å². The second kappa shape index (κ2) is 11.6. The average Bonchev–Trinajstić information content (AvgIpc) is 3.03. The SMILES string of the molecule is CCNC(=NCC(c1ccccc1Cl)N(CC)CC)NCCN1C(=O)CNC1=O. The van der Waals surface area contributed by atoms with Crippen LogP contribution in [0.25, 0.3) is 0 Å². The molecule has 3 N–H and O–H groups in total. The number of halogens is 1. The van der Waals surface area contributed by atoms with Crippen LogP contribution in [0.4, 0.5) is 4.79 Å². The molecule has 1 heterocycles. The molecule has 1 aromatic carbocycles. The van der Waals surface area contributed by atoms with Gasteiger partial charge >= 0.3 is 6.03 Å². The number of amides is 3. The summed E-state index contributed by atoms with van der Waals surface area (Å²) in [5, 5.41) is 9.66. The Bertz CT molecular complexity index is 707. The van der Waals surface area contributed by atoms with Crippen molar-refractivity contribution in [2.45, 2.75) is 26.8 Å². The van der Waals surface area contributed by atoms with Gasteiger partial charge in [0, 0.05) is 24.7 Å². The lowest BCUT2D eigenvalue weighted by Crippen LogP contribution is -2.43. The van der Waals surface area contributed by atoms with Crippen molar-refractivity contribution in [2.24, 2.45) is 4.99 Å². The fourth-order valence-electron chi connectivity index (χ4n) is 3.31. The van der Waals surface area contributed by atoms with Gasteiger partial charge in [-0.2, -0.15) is 0 Å². The Morgan fingerprint density at radius 2 is 1.97 bits per heavy atom. The number of hydrogen-bond acceptors (Lipinski definition) is 4. The predicted octanol–water partition coefficient (Wildman–Crippen LogP) is 1.83. The number of benzene rings is 1. The zero-order valence-corrected chi connectivity index (χ0v) is 18.1. The van der Waals surface area contributed by atoms with Crippen molar-refractivity contribution in [1.82, 2.24) is 25.8 Å². The summed E-state index contributed by atoms with van der Waals surface area (Å²) in [7, 11) is 0. The Balaban J connectivity index is 2.07. The topological polar surface area (TPSA) is 89.1 Å². The molecule has 1 aromatic rings. The first-order valence-corrected chi connectivity index (χ1v) is 10.5. The molecule has 3 amide bonds. The van der Waals surface area contributed by atoms with Gasteiger partial charge in [-0.15, -0.1) is 0 Å². The molecule has 1 saturated heterocycles. The second-order valence-electron chi connectivity index (χ2n) is 6.61. The molecule has 0 aromatic heterocycles. The summed E-state index contributed by atoms with van der Waals surface area (Å²) in [6.45, 7) is 10.0. The summed E-state index contributed by atoms with van der Waals surface area (Å²) >= 11 is 6.46. The number of likely N-dealkylation sites (N-methyl/N-ethyl adjacent to an activating group) is 1. The van der Waals surface area contributed by atoms with E-state index >= 15 is 0 Å². The number of nitrogens with zero attached hydrogens (tertiary/aromatic N) is 3. The molecule has 1 atom stereocenters. The lowest BCUT2D eigenvalue weighted by Gasteiger charge is -2.29. The highest BCUT2D eigenvalue weighted by Crippen LogP contribution is 2.27. The molecule has 8 nitrogen and oxygen atoms in total. The highest BCUT2D eigenvalue weighted by Gasteiger charge is 2.27. The summed E-state index contributed by atoms with van der Waals surface area (Å²) in [4.78, 5) is 31.6. The van der Waals surface area contributed by atoms with Gasteiger partial charge in [-0.3, -0.25) is 19.6 Å². The summed E-state index contributed by atoms with van der Waals surface area (Å²) in [6, 6.07) is 7.56. The molecule has 9 heteroatoms. The molecule has 160 valence electrons. The van der Waals surface area contributed by atoms with Crippen molar-refractivity contribution in [1.29, 1.82) is 0 Å². The summed E-state index contributed by atoms with van der Waals surface area (Å²) in [6.07, 6.45) is 0. The van der Waals surface area contributed by atoms with Crippen LogP contribution >= 0.6 is 11.6 Å². The minimum absolute atomic E-state index is 0.0556. The monoisotopic (exact) mass is 422 g/mol. The molecule has 0 radical (unpaired) electrons. The molecular formula is C20H31ClN6O2. The van der Waals surface area contributed by atoms with Crippen LogP contribution in [0.15, 0.2) is 29.3 Å².